The predicted octanol–water partition coefficient (Wildman–Crippen LogP) is 4.47. The maximum Gasteiger partial charge on any atom is 0.266 e. The van der Waals surface area contributed by atoms with E-state index >= 15 is 0 Å². The van der Waals surface area contributed by atoms with Gasteiger partial charge in [0.2, 0.25) is 10.0 Å². The number of carbonyl (C=O) groups excluding carboxylic acids is 1. The number of piperidine rings is 1. The second kappa shape index (κ2) is 10.3. The van der Waals surface area contributed by atoms with E-state index in [1.165, 1.54) is 16.4 Å². The quantitative estimate of drug-likeness (QED) is 0.387. The van der Waals surface area contributed by atoms with Gasteiger partial charge in [0, 0.05) is 30.2 Å². The Hall–Kier alpha value is -3.61. The number of nitriles is 1. The van der Waals surface area contributed by atoms with Crippen LogP contribution in [0, 0.1) is 25.2 Å². The van der Waals surface area contributed by atoms with E-state index in [1.54, 1.807) is 24.5 Å². The van der Waals surface area contributed by atoms with E-state index in [0.717, 1.165) is 42.0 Å². The molecule has 1 aliphatic heterocycles. The molecule has 0 bridgehead atoms. The summed E-state index contributed by atoms with van der Waals surface area (Å²) in [5.74, 6) is 0.204. The summed E-state index contributed by atoms with van der Waals surface area (Å²) >= 11 is 0. The SMILES string of the molecule is Cc1cc(/C=C(\C#N)C(=O)Nc2cccc(S(=O)(=O)N3CCCCC3)c2)c(C)n1Cc1ccco1. The molecule has 1 saturated heterocycles. The Balaban J connectivity index is 1.54. The van der Waals surface area contributed by atoms with Crippen LogP contribution in [-0.4, -0.2) is 36.3 Å². The molecule has 3 heterocycles. The van der Waals surface area contributed by atoms with Gasteiger partial charge in [-0.3, -0.25) is 4.79 Å². The van der Waals surface area contributed by atoms with Gasteiger partial charge in [-0.05, 0) is 74.7 Å². The van der Waals surface area contributed by atoms with Crippen LogP contribution in [0.5, 0.6) is 0 Å². The summed E-state index contributed by atoms with van der Waals surface area (Å²) in [6, 6.07) is 13.7. The number of nitrogens with one attached hydrogen (secondary N) is 1. The molecule has 9 heteroatoms. The van der Waals surface area contributed by atoms with Crippen LogP contribution in [0.25, 0.3) is 6.08 Å². The van der Waals surface area contributed by atoms with E-state index < -0.39 is 15.9 Å². The number of aryl methyl sites for hydroxylation is 1. The molecule has 1 amide bonds. The van der Waals surface area contributed by atoms with Crippen molar-refractivity contribution in [3.8, 4) is 6.07 Å². The van der Waals surface area contributed by atoms with Crippen LogP contribution in [0.4, 0.5) is 5.69 Å². The van der Waals surface area contributed by atoms with E-state index in [0.29, 0.717) is 25.3 Å². The van der Waals surface area contributed by atoms with E-state index in [2.05, 4.69) is 5.32 Å². The van der Waals surface area contributed by atoms with Crippen molar-refractivity contribution in [3.05, 3.63) is 77.0 Å². The summed E-state index contributed by atoms with van der Waals surface area (Å²) in [4.78, 5) is 13.0. The van der Waals surface area contributed by atoms with E-state index in [9.17, 15) is 18.5 Å². The lowest BCUT2D eigenvalue weighted by Gasteiger charge is -2.26. The highest BCUT2D eigenvalue weighted by Crippen LogP contribution is 2.24. The Kier molecular flexibility index (Phi) is 7.24. The van der Waals surface area contributed by atoms with Crippen molar-refractivity contribution in [2.24, 2.45) is 0 Å². The van der Waals surface area contributed by atoms with E-state index in [-0.39, 0.29) is 10.5 Å². The molecule has 2 aromatic heterocycles. The van der Waals surface area contributed by atoms with Gasteiger partial charge >= 0.3 is 0 Å². The molecule has 0 spiro atoms. The number of amides is 1. The number of aromatic nitrogens is 1. The van der Waals surface area contributed by atoms with Gasteiger partial charge in [-0.15, -0.1) is 0 Å². The molecule has 0 saturated carbocycles. The smallest absolute Gasteiger partial charge is 0.266 e. The lowest BCUT2D eigenvalue weighted by molar-refractivity contribution is -0.112. The van der Waals surface area contributed by atoms with Crippen LogP contribution in [-0.2, 0) is 21.4 Å². The molecule has 8 nitrogen and oxygen atoms in total. The van der Waals surface area contributed by atoms with Gasteiger partial charge in [0.15, 0.2) is 0 Å². The van der Waals surface area contributed by atoms with Crippen molar-refractivity contribution in [2.45, 2.75) is 44.6 Å². The average molecular weight is 493 g/mol. The van der Waals surface area contributed by atoms with Crippen LogP contribution in [0.3, 0.4) is 0 Å². The van der Waals surface area contributed by atoms with Crippen molar-refractivity contribution < 1.29 is 17.6 Å². The second-order valence-corrected chi connectivity index (χ2v) is 10.5. The zero-order chi connectivity index (χ0) is 25.0. The second-order valence-electron chi connectivity index (χ2n) is 8.61. The standard InChI is InChI=1S/C26H28N4O4S/c1-19-14-21(20(2)30(19)18-24-9-7-13-34-24)15-22(17-27)26(31)28-23-8-6-10-25(16-23)35(32,33)29-11-4-3-5-12-29/h6-10,13-16H,3-5,11-12,18H2,1-2H3,(H,28,31)/b22-15+. The Morgan fingerprint density at radius 3 is 2.60 bits per heavy atom. The Labute approximate surface area is 205 Å². The van der Waals surface area contributed by atoms with Crippen molar-refractivity contribution in [1.82, 2.24) is 8.87 Å². The van der Waals surface area contributed by atoms with E-state index in [1.807, 2.05) is 42.7 Å². The summed E-state index contributed by atoms with van der Waals surface area (Å²) in [6.07, 6.45) is 5.87. The average Bonchev–Trinajstić information content (AvgIpc) is 3.47. The first-order valence-electron chi connectivity index (χ1n) is 11.5. The van der Waals surface area contributed by atoms with Crippen molar-refractivity contribution in [3.63, 3.8) is 0 Å². The number of carbonyl (C=O) groups is 1. The van der Waals surface area contributed by atoms with Crippen LogP contribution in [0.2, 0.25) is 0 Å². The molecule has 0 unspecified atom stereocenters. The Morgan fingerprint density at radius 2 is 1.91 bits per heavy atom. The molecule has 1 N–H and O–H groups in total. The van der Waals surface area contributed by atoms with E-state index in [4.69, 9.17) is 4.42 Å². The van der Waals surface area contributed by atoms with Gasteiger partial charge in [0.1, 0.15) is 17.4 Å². The molecule has 1 aliphatic rings. The molecule has 182 valence electrons. The first kappa shape index (κ1) is 24.5. The molecule has 1 fully saturated rings. The van der Waals surface area contributed by atoms with Gasteiger partial charge in [-0.2, -0.15) is 9.57 Å². The number of nitrogens with zero attached hydrogens (tertiary/aromatic N) is 3. The normalized spacial score (nSPS) is 15.1. The fraction of sp³-hybridized carbons (Fsp3) is 0.308. The molecule has 35 heavy (non-hydrogen) atoms. The minimum Gasteiger partial charge on any atom is -0.467 e. The number of rotatable bonds is 7. The van der Waals surface area contributed by atoms with Crippen LogP contribution in [0.15, 0.2) is 63.6 Å². The maximum atomic E-state index is 13.0. The molecular weight excluding hydrogens is 464 g/mol. The van der Waals surface area contributed by atoms with Gasteiger partial charge in [-0.1, -0.05) is 12.5 Å². The minimum absolute atomic E-state index is 0.0764. The lowest BCUT2D eigenvalue weighted by atomic mass is 10.1. The first-order chi connectivity index (χ1) is 16.8. The van der Waals surface area contributed by atoms with Crippen molar-refractivity contribution in [2.75, 3.05) is 18.4 Å². The summed E-state index contributed by atoms with van der Waals surface area (Å²) in [6.45, 7) is 5.42. The van der Waals surface area contributed by atoms with Crippen molar-refractivity contribution >= 4 is 27.7 Å². The molecule has 3 aromatic rings. The van der Waals surface area contributed by atoms with Crippen molar-refractivity contribution in [1.29, 1.82) is 5.26 Å². The lowest BCUT2D eigenvalue weighted by Crippen LogP contribution is -2.35. The summed E-state index contributed by atoms with van der Waals surface area (Å²) in [5, 5.41) is 12.3. The number of furan rings is 1. The monoisotopic (exact) mass is 492 g/mol. The fourth-order valence-corrected chi connectivity index (χ4v) is 5.83. The molecule has 4 rings (SSSR count). The van der Waals surface area contributed by atoms with Gasteiger partial charge < -0.3 is 14.3 Å². The number of anilines is 1. The molecular formula is C26H28N4O4S. The Bertz CT molecular complexity index is 1390. The van der Waals surface area contributed by atoms with Gasteiger partial charge in [0.05, 0.1) is 17.7 Å². The third-order valence-electron chi connectivity index (χ3n) is 6.22. The fourth-order valence-electron chi connectivity index (χ4n) is 4.27. The molecule has 0 atom stereocenters. The zero-order valence-electron chi connectivity index (χ0n) is 19.8. The largest absolute Gasteiger partial charge is 0.467 e. The van der Waals surface area contributed by atoms with Crippen LogP contribution < -0.4 is 5.32 Å². The summed E-state index contributed by atoms with van der Waals surface area (Å²) < 4.78 is 34.9. The number of benzene rings is 1. The first-order valence-corrected chi connectivity index (χ1v) is 13.0. The van der Waals surface area contributed by atoms with Crippen LogP contribution >= 0.6 is 0 Å². The summed E-state index contributed by atoms with van der Waals surface area (Å²) in [7, 11) is -3.63. The maximum absolute atomic E-state index is 13.0. The molecule has 0 aliphatic carbocycles. The highest BCUT2D eigenvalue weighted by atomic mass is 32.2. The predicted molar refractivity (Wildman–Crippen MR) is 133 cm³/mol. The highest BCUT2D eigenvalue weighted by Gasteiger charge is 2.26. The van der Waals surface area contributed by atoms with Gasteiger partial charge in [-0.25, -0.2) is 8.42 Å². The number of hydrogen-bond donors (Lipinski definition) is 1. The molecule has 0 radical (unpaired) electrons. The Morgan fingerprint density at radius 1 is 1.14 bits per heavy atom. The molecule has 1 aromatic carbocycles. The summed E-state index contributed by atoms with van der Waals surface area (Å²) in [5.41, 5.74) is 2.86. The minimum atomic E-state index is -3.63. The third kappa shape index (κ3) is 5.39. The topological polar surface area (TPSA) is 108 Å². The van der Waals surface area contributed by atoms with Gasteiger partial charge in [0.25, 0.3) is 5.91 Å². The number of sulfonamides is 1. The zero-order valence-corrected chi connectivity index (χ0v) is 20.6. The third-order valence-corrected chi connectivity index (χ3v) is 8.11. The highest BCUT2D eigenvalue weighted by molar-refractivity contribution is 7.89. The van der Waals surface area contributed by atoms with Crippen LogP contribution in [0.1, 0.15) is 42.0 Å². The number of hydrogen-bond acceptors (Lipinski definition) is 5.